The van der Waals surface area contributed by atoms with Gasteiger partial charge in [-0.3, -0.25) is 5.41 Å². The second-order valence-electron chi connectivity index (χ2n) is 3.52. The van der Waals surface area contributed by atoms with Crippen molar-refractivity contribution < 1.29 is 4.74 Å². The van der Waals surface area contributed by atoms with Crippen LogP contribution in [0.1, 0.15) is 5.69 Å². The van der Waals surface area contributed by atoms with E-state index in [1.54, 1.807) is 30.1 Å². The second-order valence-corrected chi connectivity index (χ2v) is 4.36. The van der Waals surface area contributed by atoms with E-state index >= 15 is 0 Å². The molecule has 0 amide bonds. The Hall–Kier alpha value is -2.01. The van der Waals surface area contributed by atoms with Crippen LogP contribution in [0, 0.1) is 5.41 Å². The maximum atomic E-state index is 7.47. The number of nitrogens with zero attached hydrogens (tertiary/aromatic N) is 1. The van der Waals surface area contributed by atoms with Crippen LogP contribution in [0.3, 0.4) is 0 Å². The highest BCUT2D eigenvalue weighted by atomic mass is 32.2. The minimum atomic E-state index is -0.104. The van der Waals surface area contributed by atoms with E-state index in [9.17, 15) is 0 Å². The molecule has 0 atom stereocenters. The van der Waals surface area contributed by atoms with Gasteiger partial charge in [-0.2, -0.15) is 0 Å². The van der Waals surface area contributed by atoms with Gasteiger partial charge in [0, 0.05) is 11.1 Å². The number of para-hydroxylation sites is 1. The molecule has 1 heterocycles. The first-order valence-corrected chi connectivity index (χ1v) is 6.55. The molecule has 3 N–H and O–H groups in total. The summed E-state index contributed by atoms with van der Waals surface area (Å²) in [7, 11) is 0. The van der Waals surface area contributed by atoms with E-state index in [0.717, 1.165) is 10.6 Å². The molecule has 0 saturated carbocycles. The third-order valence-electron chi connectivity index (χ3n) is 2.31. The highest BCUT2D eigenvalue weighted by molar-refractivity contribution is 7.98. The number of aromatic nitrogens is 1. The van der Waals surface area contributed by atoms with Gasteiger partial charge >= 0.3 is 0 Å². The van der Waals surface area contributed by atoms with Crippen molar-refractivity contribution in [3.8, 4) is 11.5 Å². The number of amidine groups is 1. The molecule has 0 saturated heterocycles. The molecule has 2 aromatic rings. The number of hydrogen-bond donors (Lipinski definition) is 2. The monoisotopic (exact) mass is 259 g/mol. The smallest absolute Gasteiger partial charge is 0.156 e. The Bertz CT molecular complexity index is 572. The third kappa shape index (κ3) is 2.62. The molecule has 2 rings (SSSR count). The van der Waals surface area contributed by atoms with Crippen LogP contribution in [-0.4, -0.2) is 17.1 Å². The van der Waals surface area contributed by atoms with E-state index in [1.165, 1.54) is 0 Å². The van der Waals surface area contributed by atoms with Crippen LogP contribution in [0.25, 0.3) is 0 Å². The molecule has 0 radical (unpaired) electrons. The van der Waals surface area contributed by atoms with Gasteiger partial charge in [0.1, 0.15) is 17.3 Å². The van der Waals surface area contributed by atoms with Crippen LogP contribution >= 0.6 is 11.8 Å². The fourth-order valence-corrected chi connectivity index (χ4v) is 2.02. The molecular weight excluding hydrogens is 246 g/mol. The number of nitrogens with one attached hydrogen (secondary N) is 1. The summed E-state index contributed by atoms with van der Waals surface area (Å²) in [4.78, 5) is 5.07. The van der Waals surface area contributed by atoms with Gasteiger partial charge in [0.2, 0.25) is 0 Å². The molecule has 0 bridgehead atoms. The topological polar surface area (TPSA) is 72.0 Å². The number of hydrogen-bond acceptors (Lipinski definition) is 4. The van der Waals surface area contributed by atoms with Crippen molar-refractivity contribution in [1.82, 2.24) is 4.98 Å². The Labute approximate surface area is 110 Å². The van der Waals surface area contributed by atoms with Crippen molar-refractivity contribution in [3.63, 3.8) is 0 Å². The maximum Gasteiger partial charge on any atom is 0.156 e. The lowest BCUT2D eigenvalue weighted by molar-refractivity contribution is 0.467. The zero-order chi connectivity index (χ0) is 13.0. The summed E-state index contributed by atoms with van der Waals surface area (Å²) in [5.41, 5.74) is 5.83. The van der Waals surface area contributed by atoms with Crippen LogP contribution in [0.5, 0.6) is 11.5 Å². The Balaban J connectivity index is 2.37. The summed E-state index contributed by atoms with van der Waals surface area (Å²) in [6.07, 6.45) is 3.57. The Morgan fingerprint density at radius 1 is 1.22 bits per heavy atom. The van der Waals surface area contributed by atoms with E-state index in [2.05, 4.69) is 4.98 Å². The summed E-state index contributed by atoms with van der Waals surface area (Å²) in [5.74, 6) is 1.12. The first-order chi connectivity index (χ1) is 8.72. The molecule has 92 valence electrons. The molecule has 1 aromatic heterocycles. The Morgan fingerprint density at radius 2 is 1.94 bits per heavy atom. The molecule has 0 aliphatic heterocycles. The standard InChI is InChI=1S/C13H13N3OS/c1-18-11-7-3-2-5-9(11)17-10-6-4-8-16-12(10)13(14)15/h2-8H,1H3,(H3,14,15). The molecule has 18 heavy (non-hydrogen) atoms. The minimum Gasteiger partial charge on any atom is -0.454 e. The van der Waals surface area contributed by atoms with Crippen LogP contribution in [0.2, 0.25) is 0 Å². The van der Waals surface area contributed by atoms with Gasteiger partial charge in [0.05, 0.1) is 0 Å². The van der Waals surface area contributed by atoms with Gasteiger partial charge in [-0.25, -0.2) is 4.98 Å². The SMILES string of the molecule is CSc1ccccc1Oc1cccnc1C(=N)N. The van der Waals surface area contributed by atoms with Crippen molar-refractivity contribution in [2.45, 2.75) is 4.90 Å². The van der Waals surface area contributed by atoms with E-state index in [4.69, 9.17) is 15.9 Å². The molecule has 0 spiro atoms. The first kappa shape index (κ1) is 12.4. The number of nitrogen functional groups attached to an aromatic ring is 1. The van der Waals surface area contributed by atoms with Crippen molar-refractivity contribution in [2.24, 2.45) is 5.73 Å². The lowest BCUT2D eigenvalue weighted by Gasteiger charge is -2.11. The van der Waals surface area contributed by atoms with Crippen molar-refractivity contribution >= 4 is 17.6 Å². The number of pyridine rings is 1. The van der Waals surface area contributed by atoms with E-state index < -0.39 is 0 Å². The molecule has 1 aromatic carbocycles. The minimum absolute atomic E-state index is 0.104. The molecule has 4 nitrogen and oxygen atoms in total. The number of benzene rings is 1. The van der Waals surface area contributed by atoms with Crippen LogP contribution in [0.4, 0.5) is 0 Å². The fourth-order valence-electron chi connectivity index (χ4n) is 1.50. The summed E-state index contributed by atoms with van der Waals surface area (Å²) in [6, 6.07) is 11.2. The third-order valence-corrected chi connectivity index (χ3v) is 3.09. The van der Waals surface area contributed by atoms with Crippen LogP contribution in [-0.2, 0) is 0 Å². The number of rotatable bonds is 4. The van der Waals surface area contributed by atoms with E-state index in [0.29, 0.717) is 11.4 Å². The summed E-state index contributed by atoms with van der Waals surface area (Å²) in [5, 5.41) is 7.47. The van der Waals surface area contributed by atoms with Crippen molar-refractivity contribution in [1.29, 1.82) is 5.41 Å². The highest BCUT2D eigenvalue weighted by Gasteiger charge is 2.10. The van der Waals surface area contributed by atoms with E-state index in [-0.39, 0.29) is 5.84 Å². The summed E-state index contributed by atoms with van der Waals surface area (Å²) in [6.45, 7) is 0. The molecule has 0 unspecified atom stereocenters. The van der Waals surface area contributed by atoms with Gasteiger partial charge < -0.3 is 10.5 Å². The number of thioether (sulfide) groups is 1. The summed E-state index contributed by atoms with van der Waals surface area (Å²) < 4.78 is 5.79. The van der Waals surface area contributed by atoms with Crippen LogP contribution in [0.15, 0.2) is 47.5 Å². The van der Waals surface area contributed by atoms with Gasteiger partial charge in [-0.05, 0) is 30.5 Å². The normalized spacial score (nSPS) is 10.1. The van der Waals surface area contributed by atoms with Crippen molar-refractivity contribution in [3.05, 3.63) is 48.3 Å². The molecule has 5 heteroatoms. The molecule has 0 fully saturated rings. The van der Waals surface area contributed by atoms with Gasteiger partial charge in [-0.1, -0.05) is 12.1 Å². The second kappa shape index (κ2) is 5.55. The molecule has 0 aliphatic rings. The number of ether oxygens (including phenoxy) is 1. The average Bonchev–Trinajstić information content (AvgIpc) is 2.40. The van der Waals surface area contributed by atoms with Crippen molar-refractivity contribution in [2.75, 3.05) is 6.26 Å². The predicted octanol–water partition coefficient (Wildman–Crippen LogP) is 2.88. The van der Waals surface area contributed by atoms with Gasteiger partial charge in [-0.15, -0.1) is 11.8 Å². The largest absolute Gasteiger partial charge is 0.454 e. The lowest BCUT2D eigenvalue weighted by Crippen LogP contribution is -2.14. The lowest BCUT2D eigenvalue weighted by atomic mass is 10.3. The Kier molecular flexibility index (Phi) is 3.84. The summed E-state index contributed by atoms with van der Waals surface area (Å²) >= 11 is 1.60. The van der Waals surface area contributed by atoms with Crippen LogP contribution < -0.4 is 10.5 Å². The molecule has 0 aliphatic carbocycles. The quantitative estimate of drug-likeness (QED) is 0.503. The first-order valence-electron chi connectivity index (χ1n) is 5.32. The highest BCUT2D eigenvalue weighted by Crippen LogP contribution is 2.31. The predicted molar refractivity (Wildman–Crippen MR) is 73.6 cm³/mol. The Morgan fingerprint density at radius 3 is 2.67 bits per heavy atom. The van der Waals surface area contributed by atoms with Gasteiger partial charge in [0.25, 0.3) is 0 Å². The average molecular weight is 259 g/mol. The zero-order valence-electron chi connectivity index (χ0n) is 9.88. The zero-order valence-corrected chi connectivity index (χ0v) is 10.7. The van der Waals surface area contributed by atoms with E-state index in [1.807, 2.05) is 30.5 Å². The fraction of sp³-hybridized carbons (Fsp3) is 0.0769. The maximum absolute atomic E-state index is 7.47. The molecular formula is C13H13N3OS. The number of nitrogens with two attached hydrogens (primary N) is 1. The van der Waals surface area contributed by atoms with Gasteiger partial charge in [0.15, 0.2) is 5.75 Å².